The molecule has 0 aliphatic carbocycles. The van der Waals surface area contributed by atoms with E-state index in [9.17, 15) is 0 Å². The molecule has 0 radical (unpaired) electrons. The molecule has 1 saturated heterocycles. The van der Waals surface area contributed by atoms with E-state index in [1.807, 2.05) is 38.1 Å². The third kappa shape index (κ3) is 2.70. The van der Waals surface area contributed by atoms with Gasteiger partial charge in [-0.3, -0.25) is 0 Å². The van der Waals surface area contributed by atoms with Crippen molar-refractivity contribution in [1.29, 1.82) is 0 Å². The predicted molar refractivity (Wildman–Crippen MR) is 87.5 cm³/mol. The van der Waals surface area contributed by atoms with E-state index < -0.39 is 0 Å². The average Bonchev–Trinajstić information content (AvgIpc) is 3.25. The van der Waals surface area contributed by atoms with Crippen LogP contribution in [0.15, 0.2) is 28.8 Å². The first kappa shape index (κ1) is 14.3. The topological polar surface area (TPSA) is 67.2 Å². The van der Waals surface area contributed by atoms with Crippen LogP contribution in [-0.2, 0) is 11.3 Å². The summed E-state index contributed by atoms with van der Waals surface area (Å²) in [6.45, 7) is 6.23. The molecule has 1 unspecified atom stereocenters. The van der Waals surface area contributed by atoms with E-state index in [4.69, 9.17) is 9.26 Å². The Morgan fingerprint density at radius 2 is 2.22 bits per heavy atom. The molecule has 0 saturated carbocycles. The molecule has 1 fully saturated rings. The molecule has 6 heteroatoms. The van der Waals surface area contributed by atoms with Gasteiger partial charge in [-0.05, 0) is 32.4 Å². The quantitative estimate of drug-likeness (QED) is 0.802. The molecule has 0 amide bonds. The van der Waals surface area contributed by atoms with Gasteiger partial charge in [0, 0.05) is 18.7 Å². The lowest BCUT2D eigenvalue weighted by Crippen LogP contribution is -2.23. The summed E-state index contributed by atoms with van der Waals surface area (Å²) in [5, 5.41) is 3.97. The molecule has 1 aliphatic heterocycles. The van der Waals surface area contributed by atoms with Gasteiger partial charge in [-0.2, -0.15) is 0 Å². The van der Waals surface area contributed by atoms with E-state index in [2.05, 4.69) is 20.0 Å². The first-order valence-electron chi connectivity index (χ1n) is 7.94. The highest BCUT2D eigenvalue weighted by atomic mass is 16.5. The van der Waals surface area contributed by atoms with Gasteiger partial charge in [0.25, 0.3) is 0 Å². The number of hydrogen-bond acceptors (Lipinski definition) is 5. The van der Waals surface area contributed by atoms with Crippen molar-refractivity contribution in [3.8, 4) is 0 Å². The lowest BCUT2D eigenvalue weighted by molar-refractivity contribution is 0.0544. The van der Waals surface area contributed by atoms with Crippen molar-refractivity contribution >= 4 is 17.0 Å². The van der Waals surface area contributed by atoms with Crippen molar-refractivity contribution in [3.63, 3.8) is 0 Å². The number of anilines is 1. The monoisotopic (exact) mass is 312 g/mol. The highest BCUT2D eigenvalue weighted by Gasteiger charge is 2.26. The molecule has 23 heavy (non-hydrogen) atoms. The van der Waals surface area contributed by atoms with Crippen LogP contribution in [0, 0.1) is 13.8 Å². The van der Waals surface area contributed by atoms with Crippen LogP contribution >= 0.6 is 0 Å². The predicted octanol–water partition coefficient (Wildman–Crippen LogP) is 2.96. The summed E-state index contributed by atoms with van der Waals surface area (Å²) >= 11 is 0. The summed E-state index contributed by atoms with van der Waals surface area (Å²) in [4.78, 5) is 10.3. The first-order chi connectivity index (χ1) is 11.2. The lowest BCUT2D eigenvalue weighted by Gasteiger charge is -2.15. The molecule has 1 N–H and O–H groups in total. The van der Waals surface area contributed by atoms with Crippen LogP contribution in [0.1, 0.15) is 23.4 Å². The van der Waals surface area contributed by atoms with Crippen LogP contribution in [0.5, 0.6) is 0 Å². The second-order valence-corrected chi connectivity index (χ2v) is 6.05. The van der Waals surface area contributed by atoms with E-state index in [0.29, 0.717) is 6.61 Å². The van der Waals surface area contributed by atoms with Gasteiger partial charge in [-0.1, -0.05) is 17.3 Å². The largest absolute Gasteiger partial charge is 0.371 e. The summed E-state index contributed by atoms with van der Waals surface area (Å²) < 4.78 is 11.2. The van der Waals surface area contributed by atoms with Crippen molar-refractivity contribution in [2.24, 2.45) is 0 Å². The summed E-state index contributed by atoms with van der Waals surface area (Å²) in [5.74, 6) is 1.77. The van der Waals surface area contributed by atoms with Gasteiger partial charge in [0.2, 0.25) is 5.95 Å². The molecule has 0 bridgehead atoms. The molecule has 3 heterocycles. The lowest BCUT2D eigenvalue weighted by atomic mass is 10.2. The SMILES string of the molecule is Cc1noc(C)c1COC1CCN(c2nc3ccccc3[nH]2)C1. The minimum atomic E-state index is 0.205. The number of aryl methyl sites for hydroxylation is 2. The van der Waals surface area contributed by atoms with E-state index in [1.165, 1.54) is 0 Å². The van der Waals surface area contributed by atoms with Gasteiger partial charge in [0.05, 0.1) is 29.4 Å². The molecule has 2 aromatic heterocycles. The first-order valence-corrected chi connectivity index (χ1v) is 7.94. The van der Waals surface area contributed by atoms with Crippen molar-refractivity contribution in [3.05, 3.63) is 41.3 Å². The Bertz CT molecular complexity index is 770. The average molecular weight is 312 g/mol. The van der Waals surface area contributed by atoms with Gasteiger partial charge in [-0.15, -0.1) is 0 Å². The number of fused-ring (bicyclic) bond motifs is 1. The zero-order valence-electron chi connectivity index (χ0n) is 13.4. The van der Waals surface area contributed by atoms with Gasteiger partial charge in [0.15, 0.2) is 0 Å². The number of nitrogens with one attached hydrogen (secondary N) is 1. The highest BCUT2D eigenvalue weighted by molar-refractivity contribution is 5.77. The number of H-pyrrole nitrogens is 1. The number of imidazole rings is 1. The Balaban J connectivity index is 1.41. The summed E-state index contributed by atoms with van der Waals surface area (Å²) in [5.41, 5.74) is 4.05. The Hall–Kier alpha value is -2.34. The van der Waals surface area contributed by atoms with Gasteiger partial charge in [-0.25, -0.2) is 4.98 Å². The number of aromatic amines is 1. The molecule has 4 rings (SSSR count). The van der Waals surface area contributed by atoms with Crippen molar-refractivity contribution in [2.75, 3.05) is 18.0 Å². The van der Waals surface area contributed by atoms with Gasteiger partial charge in [0.1, 0.15) is 5.76 Å². The molecule has 3 aromatic rings. The molecule has 1 aromatic carbocycles. The smallest absolute Gasteiger partial charge is 0.203 e. The zero-order chi connectivity index (χ0) is 15.8. The van der Waals surface area contributed by atoms with E-state index in [0.717, 1.165) is 53.5 Å². The van der Waals surface area contributed by atoms with Crippen LogP contribution in [0.2, 0.25) is 0 Å². The van der Waals surface area contributed by atoms with Crippen LogP contribution in [0.3, 0.4) is 0 Å². The van der Waals surface area contributed by atoms with Crippen LogP contribution in [0.4, 0.5) is 5.95 Å². The standard InChI is InChI=1S/C17H20N4O2/c1-11-14(12(2)23-20-11)10-22-13-7-8-21(9-13)17-18-15-5-3-4-6-16(15)19-17/h3-6,13H,7-10H2,1-2H3,(H,18,19). The summed E-state index contributed by atoms with van der Waals surface area (Å²) in [6, 6.07) is 8.10. The molecule has 1 aliphatic rings. The third-order valence-electron chi connectivity index (χ3n) is 4.47. The van der Waals surface area contributed by atoms with Crippen molar-refractivity contribution in [2.45, 2.75) is 33.0 Å². The third-order valence-corrected chi connectivity index (χ3v) is 4.47. The molecular weight excluding hydrogens is 292 g/mol. The molecule has 120 valence electrons. The van der Waals surface area contributed by atoms with Crippen LogP contribution < -0.4 is 4.90 Å². The van der Waals surface area contributed by atoms with E-state index in [-0.39, 0.29) is 6.10 Å². The highest BCUT2D eigenvalue weighted by Crippen LogP contribution is 2.23. The van der Waals surface area contributed by atoms with Crippen LogP contribution in [0.25, 0.3) is 11.0 Å². The number of para-hydroxylation sites is 2. The molecule has 6 nitrogen and oxygen atoms in total. The van der Waals surface area contributed by atoms with E-state index >= 15 is 0 Å². The molecular formula is C17H20N4O2. The van der Waals surface area contributed by atoms with Crippen molar-refractivity contribution in [1.82, 2.24) is 15.1 Å². The fraction of sp³-hybridized carbons (Fsp3) is 0.412. The number of hydrogen-bond donors (Lipinski definition) is 1. The molecule has 0 spiro atoms. The fourth-order valence-electron chi connectivity index (χ4n) is 3.05. The number of rotatable bonds is 4. The Morgan fingerprint density at radius 1 is 1.35 bits per heavy atom. The zero-order valence-corrected chi connectivity index (χ0v) is 13.4. The Labute approximate surface area is 134 Å². The normalized spacial score (nSPS) is 18.2. The fourth-order valence-corrected chi connectivity index (χ4v) is 3.05. The Kier molecular flexibility index (Phi) is 3.53. The van der Waals surface area contributed by atoms with Gasteiger partial charge >= 0.3 is 0 Å². The number of benzene rings is 1. The minimum absolute atomic E-state index is 0.205. The maximum atomic E-state index is 6.05. The van der Waals surface area contributed by atoms with Gasteiger partial charge < -0.3 is 19.1 Å². The number of ether oxygens (including phenoxy) is 1. The second kappa shape index (κ2) is 5.70. The second-order valence-electron chi connectivity index (χ2n) is 6.05. The molecule has 1 atom stereocenters. The van der Waals surface area contributed by atoms with E-state index in [1.54, 1.807) is 0 Å². The minimum Gasteiger partial charge on any atom is -0.371 e. The van der Waals surface area contributed by atoms with Crippen molar-refractivity contribution < 1.29 is 9.26 Å². The van der Waals surface area contributed by atoms with Crippen LogP contribution in [-0.4, -0.2) is 34.3 Å². The Morgan fingerprint density at radius 3 is 3.00 bits per heavy atom. The summed E-state index contributed by atoms with van der Waals surface area (Å²) in [6.07, 6.45) is 1.21. The maximum Gasteiger partial charge on any atom is 0.203 e. The maximum absolute atomic E-state index is 6.05. The number of aromatic nitrogens is 3. The number of nitrogens with zero attached hydrogens (tertiary/aromatic N) is 3. The summed E-state index contributed by atoms with van der Waals surface area (Å²) in [7, 11) is 0.